The third-order valence-corrected chi connectivity index (χ3v) is 7.54. The molecule has 1 saturated heterocycles. The molecule has 7 nitrogen and oxygen atoms in total. The first-order valence-corrected chi connectivity index (χ1v) is 13.1. The van der Waals surface area contributed by atoms with Crippen molar-refractivity contribution in [3.8, 4) is 5.75 Å². The fraction of sp³-hybridized carbons (Fsp3) is 0.214. The quantitative estimate of drug-likeness (QED) is 0.364. The van der Waals surface area contributed by atoms with E-state index < -0.39 is 11.4 Å². The van der Waals surface area contributed by atoms with Gasteiger partial charge in [0.2, 0.25) is 4.90 Å². The summed E-state index contributed by atoms with van der Waals surface area (Å²) in [6, 6.07) is 21.0. The van der Waals surface area contributed by atoms with Crippen LogP contribution in [0.25, 0.3) is 10.9 Å². The standard InChI is InChI=1S/C28H27FN4O3S/c1-36-25-18-22(28(34)33-15-13-32(14-16-33)19-20-5-2-8-23(29)17-20)10-11-24(25)31-37(35)26-9-3-6-21-7-4-12-30-27(21)26/h2-12,17-18,31H,13-16,19H2,1H3. The molecule has 0 bridgehead atoms. The Bertz CT molecular complexity index is 1410. The number of halogens is 1. The zero-order valence-electron chi connectivity index (χ0n) is 20.4. The first-order chi connectivity index (χ1) is 18.0. The van der Waals surface area contributed by atoms with Gasteiger partial charge in [-0.25, -0.2) is 4.39 Å². The van der Waals surface area contributed by atoms with Gasteiger partial charge in [0, 0.05) is 49.9 Å². The minimum Gasteiger partial charge on any atom is -0.588 e. The van der Waals surface area contributed by atoms with Gasteiger partial charge in [-0.05, 0) is 48.0 Å². The molecule has 9 heteroatoms. The summed E-state index contributed by atoms with van der Waals surface area (Å²) in [5.41, 5.74) is 2.60. The van der Waals surface area contributed by atoms with Gasteiger partial charge < -0.3 is 14.2 Å². The normalized spacial score (nSPS) is 14.9. The second kappa shape index (κ2) is 11.2. The first-order valence-electron chi connectivity index (χ1n) is 12.0. The highest BCUT2D eigenvalue weighted by Gasteiger charge is 2.24. The van der Waals surface area contributed by atoms with E-state index >= 15 is 0 Å². The van der Waals surface area contributed by atoms with Crippen molar-refractivity contribution >= 4 is 33.9 Å². The highest BCUT2D eigenvalue weighted by Crippen LogP contribution is 2.30. The number of amides is 1. The molecule has 1 fully saturated rings. The van der Waals surface area contributed by atoms with E-state index in [1.807, 2.05) is 35.2 Å². The number of nitrogens with zero attached hydrogens (tertiary/aromatic N) is 3. The van der Waals surface area contributed by atoms with Crippen LogP contribution in [0.1, 0.15) is 15.9 Å². The number of hydrogen-bond acceptors (Lipinski definition) is 6. The number of rotatable bonds is 7. The highest BCUT2D eigenvalue weighted by molar-refractivity contribution is 7.93. The predicted octanol–water partition coefficient (Wildman–Crippen LogP) is 4.48. The van der Waals surface area contributed by atoms with Crippen molar-refractivity contribution in [3.63, 3.8) is 0 Å². The molecule has 4 aromatic rings. The Kier molecular flexibility index (Phi) is 7.55. The molecule has 1 aromatic heterocycles. The Morgan fingerprint density at radius 1 is 1.05 bits per heavy atom. The lowest BCUT2D eigenvalue weighted by Crippen LogP contribution is -2.48. The molecule has 1 aliphatic heterocycles. The van der Waals surface area contributed by atoms with Crippen LogP contribution < -0.4 is 9.46 Å². The number of para-hydroxylation sites is 1. The number of benzene rings is 3. The number of nitrogens with one attached hydrogen (secondary N) is 1. The molecule has 37 heavy (non-hydrogen) atoms. The van der Waals surface area contributed by atoms with Crippen LogP contribution >= 0.6 is 0 Å². The predicted molar refractivity (Wildman–Crippen MR) is 142 cm³/mol. The van der Waals surface area contributed by atoms with E-state index in [2.05, 4.69) is 14.6 Å². The minimum atomic E-state index is -1.58. The van der Waals surface area contributed by atoms with Gasteiger partial charge in [-0.15, -0.1) is 0 Å². The van der Waals surface area contributed by atoms with Crippen molar-refractivity contribution in [1.82, 2.24) is 14.8 Å². The largest absolute Gasteiger partial charge is 0.588 e. The lowest BCUT2D eigenvalue weighted by atomic mass is 10.1. The number of hydrogen-bond donors (Lipinski definition) is 1. The second-order valence-corrected chi connectivity index (χ2v) is 10.00. The van der Waals surface area contributed by atoms with Crippen LogP contribution in [0.5, 0.6) is 5.75 Å². The molecular formula is C28H27FN4O3S. The maximum absolute atomic E-state index is 13.5. The summed E-state index contributed by atoms with van der Waals surface area (Å²) in [6.45, 7) is 3.22. The van der Waals surface area contributed by atoms with E-state index in [9.17, 15) is 13.7 Å². The Morgan fingerprint density at radius 3 is 2.62 bits per heavy atom. The lowest BCUT2D eigenvalue weighted by molar-refractivity contribution is 0.0628. The second-order valence-electron chi connectivity index (χ2n) is 8.82. The summed E-state index contributed by atoms with van der Waals surface area (Å²) in [4.78, 5) is 22.2. The van der Waals surface area contributed by atoms with E-state index in [-0.39, 0.29) is 11.7 Å². The molecule has 1 aliphatic rings. The van der Waals surface area contributed by atoms with Crippen LogP contribution in [-0.2, 0) is 17.9 Å². The molecular weight excluding hydrogens is 491 g/mol. The number of methoxy groups -OCH3 is 1. The minimum absolute atomic E-state index is 0.0883. The molecule has 0 saturated carbocycles. The Hall–Kier alpha value is -3.66. The summed E-state index contributed by atoms with van der Waals surface area (Å²) in [5.74, 6) is 0.0996. The van der Waals surface area contributed by atoms with Crippen LogP contribution in [0.3, 0.4) is 0 Å². The van der Waals surface area contributed by atoms with Gasteiger partial charge in [-0.1, -0.05) is 30.3 Å². The monoisotopic (exact) mass is 518 g/mol. The molecule has 1 N–H and O–H groups in total. The van der Waals surface area contributed by atoms with E-state index in [1.165, 1.54) is 13.2 Å². The Balaban J connectivity index is 1.24. The number of aromatic nitrogens is 1. The van der Waals surface area contributed by atoms with Crippen molar-refractivity contribution in [2.24, 2.45) is 0 Å². The molecule has 3 aromatic carbocycles. The topological polar surface area (TPSA) is 80.8 Å². The van der Waals surface area contributed by atoms with Gasteiger partial charge in [0.25, 0.3) is 5.91 Å². The summed E-state index contributed by atoms with van der Waals surface area (Å²) >= 11 is -1.58. The van der Waals surface area contributed by atoms with Gasteiger partial charge in [0.05, 0.1) is 7.11 Å². The average Bonchev–Trinajstić information content (AvgIpc) is 2.93. The van der Waals surface area contributed by atoms with Gasteiger partial charge in [-0.2, -0.15) is 4.72 Å². The smallest absolute Gasteiger partial charge is 0.254 e. The average molecular weight is 519 g/mol. The molecule has 0 radical (unpaired) electrons. The Morgan fingerprint density at radius 2 is 1.84 bits per heavy atom. The maximum atomic E-state index is 13.5. The lowest BCUT2D eigenvalue weighted by Gasteiger charge is -2.34. The molecule has 190 valence electrons. The molecule has 0 spiro atoms. The number of carbonyl (C=O) groups is 1. The number of fused-ring (bicyclic) bond motifs is 1. The summed E-state index contributed by atoms with van der Waals surface area (Å²) in [5, 5.41) is 0.902. The molecule has 1 atom stereocenters. The summed E-state index contributed by atoms with van der Waals surface area (Å²) in [7, 11) is 1.52. The van der Waals surface area contributed by atoms with E-state index in [0.29, 0.717) is 60.1 Å². The Labute approximate surface area is 218 Å². The van der Waals surface area contributed by atoms with Gasteiger partial charge >= 0.3 is 0 Å². The first kappa shape index (κ1) is 25.0. The highest BCUT2D eigenvalue weighted by atomic mass is 32.2. The van der Waals surface area contributed by atoms with Gasteiger partial charge in [0.15, 0.2) is 0 Å². The fourth-order valence-corrected chi connectivity index (χ4v) is 5.50. The molecule has 1 amide bonds. The van der Waals surface area contributed by atoms with Crippen molar-refractivity contribution in [1.29, 1.82) is 0 Å². The molecule has 0 aliphatic carbocycles. The van der Waals surface area contributed by atoms with E-state index in [0.717, 1.165) is 10.9 Å². The SMILES string of the molecule is COc1cc(C(=O)N2CCN(Cc3cccc(F)c3)CC2)ccc1N[S+]([O-])c1cccc2cccnc12. The number of piperazine rings is 1. The van der Waals surface area contributed by atoms with Crippen LogP contribution in [0.2, 0.25) is 0 Å². The third kappa shape index (κ3) is 5.69. The third-order valence-electron chi connectivity index (χ3n) is 6.40. The van der Waals surface area contributed by atoms with Crippen molar-refractivity contribution in [3.05, 3.63) is 95.9 Å². The fourth-order valence-electron chi connectivity index (χ4n) is 4.47. The van der Waals surface area contributed by atoms with Crippen molar-refractivity contribution in [2.45, 2.75) is 11.4 Å². The molecule has 2 heterocycles. The van der Waals surface area contributed by atoms with Gasteiger partial charge in [-0.3, -0.25) is 14.7 Å². The van der Waals surface area contributed by atoms with Crippen LogP contribution in [-0.4, -0.2) is 58.5 Å². The molecule has 1 unspecified atom stereocenters. The van der Waals surface area contributed by atoms with Gasteiger partial charge in [0.1, 0.15) is 34.1 Å². The molecule has 5 rings (SSSR count). The zero-order valence-corrected chi connectivity index (χ0v) is 21.2. The number of carbonyl (C=O) groups excluding carboxylic acids is 1. The van der Waals surface area contributed by atoms with E-state index in [4.69, 9.17) is 4.74 Å². The van der Waals surface area contributed by atoms with Crippen molar-refractivity contribution in [2.75, 3.05) is 38.0 Å². The zero-order chi connectivity index (χ0) is 25.8. The van der Waals surface area contributed by atoms with Crippen LogP contribution in [0, 0.1) is 5.82 Å². The van der Waals surface area contributed by atoms with Crippen LogP contribution in [0.15, 0.2) is 83.9 Å². The van der Waals surface area contributed by atoms with Crippen LogP contribution in [0.4, 0.5) is 10.1 Å². The summed E-state index contributed by atoms with van der Waals surface area (Å²) < 4.78 is 35.1. The summed E-state index contributed by atoms with van der Waals surface area (Å²) in [6.07, 6.45) is 1.67. The number of pyridine rings is 1. The van der Waals surface area contributed by atoms with Crippen molar-refractivity contribution < 1.29 is 18.5 Å². The number of ether oxygens (including phenoxy) is 1. The number of anilines is 1. The maximum Gasteiger partial charge on any atom is 0.254 e. The van der Waals surface area contributed by atoms with E-state index in [1.54, 1.807) is 42.6 Å².